The molecule has 0 spiro atoms. The van der Waals surface area contributed by atoms with Crippen LogP contribution in [0.15, 0.2) is 46.9 Å². The highest BCUT2D eigenvalue weighted by Crippen LogP contribution is 2.26. The molecule has 4 rings (SSSR count). The smallest absolute Gasteiger partial charge is 0.407 e. The van der Waals surface area contributed by atoms with Gasteiger partial charge in [0.05, 0.1) is 18.4 Å². The Morgan fingerprint density at radius 1 is 1.07 bits per heavy atom. The van der Waals surface area contributed by atoms with Crippen LogP contribution in [0, 0.1) is 6.92 Å². The largest absolute Gasteiger partial charge is 0.493 e. The van der Waals surface area contributed by atoms with Gasteiger partial charge in [-0.25, -0.2) is 9.78 Å². The van der Waals surface area contributed by atoms with Crippen LogP contribution < -0.4 is 14.8 Å². The highest BCUT2D eigenvalue weighted by Gasteiger charge is 2.18. The molecule has 1 aliphatic heterocycles. The van der Waals surface area contributed by atoms with Crippen molar-refractivity contribution in [1.82, 2.24) is 15.2 Å². The normalized spacial score (nSPS) is 14.1. The van der Waals surface area contributed by atoms with Gasteiger partial charge in [0, 0.05) is 38.0 Å². The van der Waals surface area contributed by atoms with Crippen LogP contribution >= 0.6 is 0 Å². The first-order valence-corrected chi connectivity index (χ1v) is 14.5. The van der Waals surface area contributed by atoms with Gasteiger partial charge in [-0.2, -0.15) is 0 Å². The summed E-state index contributed by atoms with van der Waals surface area (Å²) in [4.78, 5) is 30.1. The van der Waals surface area contributed by atoms with Gasteiger partial charge >= 0.3 is 12.1 Å². The Balaban J connectivity index is 1.33. The van der Waals surface area contributed by atoms with Gasteiger partial charge in [0.25, 0.3) is 0 Å². The van der Waals surface area contributed by atoms with Crippen LogP contribution in [-0.4, -0.2) is 66.0 Å². The fourth-order valence-corrected chi connectivity index (χ4v) is 4.79. The van der Waals surface area contributed by atoms with E-state index in [0.29, 0.717) is 31.1 Å². The Morgan fingerprint density at radius 3 is 2.48 bits per heavy atom. The Bertz CT molecular complexity index is 1330. The summed E-state index contributed by atoms with van der Waals surface area (Å²) in [5.74, 6) is 1.87. The number of hydrogen-bond acceptors (Lipinski definition) is 8. The lowest BCUT2D eigenvalue weighted by Gasteiger charge is -2.29. The number of rotatable bonds is 13. The number of carboxylic acids is 1. The number of piperidine rings is 1. The van der Waals surface area contributed by atoms with Crippen LogP contribution in [0.1, 0.15) is 55.7 Å². The predicted octanol–water partition coefficient (Wildman–Crippen LogP) is 5.40. The molecule has 1 saturated heterocycles. The van der Waals surface area contributed by atoms with Gasteiger partial charge in [0.1, 0.15) is 23.4 Å². The first-order valence-electron chi connectivity index (χ1n) is 14.5. The van der Waals surface area contributed by atoms with Crippen LogP contribution in [0.25, 0.3) is 11.5 Å². The zero-order valence-electron chi connectivity index (χ0n) is 24.9. The monoisotopic (exact) mass is 579 g/mol. The summed E-state index contributed by atoms with van der Waals surface area (Å²) >= 11 is 0. The molecular weight excluding hydrogens is 538 g/mol. The van der Waals surface area contributed by atoms with Crippen molar-refractivity contribution in [3.63, 3.8) is 0 Å². The van der Waals surface area contributed by atoms with E-state index >= 15 is 0 Å². The SMILES string of the molecule is Cc1oc(-c2ccc(OC3CCN(C)CC3)cc2)nc1CCOc1ccc(CCC(=O)O)c(CNC(=O)OC(C)C)c1. The number of amides is 1. The molecule has 0 radical (unpaired) electrons. The van der Waals surface area contributed by atoms with Crippen LogP contribution in [0.5, 0.6) is 11.5 Å². The van der Waals surface area contributed by atoms with Crippen molar-refractivity contribution in [3.05, 3.63) is 65.0 Å². The summed E-state index contributed by atoms with van der Waals surface area (Å²) in [5.41, 5.74) is 3.30. The van der Waals surface area contributed by atoms with Gasteiger partial charge in [0.15, 0.2) is 0 Å². The van der Waals surface area contributed by atoms with Crippen LogP contribution in [0.4, 0.5) is 4.79 Å². The second-order valence-corrected chi connectivity index (χ2v) is 10.9. The number of aliphatic carboxylic acids is 1. The van der Waals surface area contributed by atoms with Crippen LogP contribution in [-0.2, 0) is 28.9 Å². The predicted molar refractivity (Wildman–Crippen MR) is 158 cm³/mol. The molecule has 3 aromatic rings. The quantitative estimate of drug-likeness (QED) is 0.274. The van der Waals surface area contributed by atoms with E-state index < -0.39 is 12.1 Å². The molecule has 2 heterocycles. The van der Waals surface area contributed by atoms with Gasteiger partial charge in [-0.1, -0.05) is 6.07 Å². The van der Waals surface area contributed by atoms with E-state index in [0.717, 1.165) is 59.8 Å². The Kier molecular flexibility index (Phi) is 10.8. The van der Waals surface area contributed by atoms with Crippen molar-refractivity contribution < 1.29 is 33.3 Å². The van der Waals surface area contributed by atoms with E-state index in [2.05, 4.69) is 17.3 Å². The maximum absolute atomic E-state index is 12.0. The van der Waals surface area contributed by atoms with Crippen molar-refractivity contribution >= 4 is 12.1 Å². The standard InChI is InChI=1S/C32H41N3O7/c1-21(2)40-32(38)33-20-25-19-28(11-5-23(25)8-12-30(36)37)39-18-15-29-22(3)41-31(34-29)24-6-9-26(10-7-24)42-27-13-16-35(4)17-14-27/h5-7,9-11,19,21,27H,8,12-18,20H2,1-4H3,(H,33,38)(H,36,37). The van der Waals surface area contributed by atoms with Crippen molar-refractivity contribution in [1.29, 1.82) is 0 Å². The number of hydrogen-bond donors (Lipinski definition) is 2. The minimum absolute atomic E-state index is 0.00843. The summed E-state index contributed by atoms with van der Waals surface area (Å²) in [5, 5.41) is 11.8. The number of carbonyl (C=O) groups excluding carboxylic acids is 1. The third-order valence-corrected chi connectivity index (χ3v) is 7.12. The number of alkyl carbamates (subject to hydrolysis) is 1. The average molecular weight is 580 g/mol. The summed E-state index contributed by atoms with van der Waals surface area (Å²) in [6.07, 6.45) is 2.42. The first kappa shape index (κ1) is 30.9. The van der Waals surface area contributed by atoms with Crippen molar-refractivity contribution in [2.45, 2.75) is 71.6 Å². The van der Waals surface area contributed by atoms with E-state index in [9.17, 15) is 9.59 Å². The molecule has 0 atom stereocenters. The summed E-state index contributed by atoms with van der Waals surface area (Å²) in [6, 6.07) is 13.3. The zero-order valence-corrected chi connectivity index (χ0v) is 24.9. The highest BCUT2D eigenvalue weighted by atomic mass is 16.6. The lowest BCUT2D eigenvalue weighted by molar-refractivity contribution is -0.136. The van der Waals surface area contributed by atoms with Crippen LogP contribution in [0.3, 0.4) is 0 Å². The van der Waals surface area contributed by atoms with Gasteiger partial charge in [-0.3, -0.25) is 4.79 Å². The number of nitrogens with one attached hydrogen (secondary N) is 1. The summed E-state index contributed by atoms with van der Waals surface area (Å²) in [7, 11) is 2.14. The molecule has 0 aliphatic carbocycles. The van der Waals surface area contributed by atoms with E-state index in [-0.39, 0.29) is 25.2 Å². The van der Waals surface area contributed by atoms with E-state index in [1.165, 1.54) is 0 Å². The molecule has 226 valence electrons. The molecule has 0 bridgehead atoms. The van der Waals surface area contributed by atoms with Gasteiger partial charge in [-0.15, -0.1) is 0 Å². The maximum Gasteiger partial charge on any atom is 0.407 e. The molecule has 0 unspecified atom stereocenters. The average Bonchev–Trinajstić information content (AvgIpc) is 3.32. The molecule has 1 fully saturated rings. The second-order valence-electron chi connectivity index (χ2n) is 10.9. The number of carbonyl (C=O) groups is 2. The van der Waals surface area contributed by atoms with Gasteiger partial charge < -0.3 is 34.0 Å². The lowest BCUT2D eigenvalue weighted by Crippen LogP contribution is -2.35. The number of nitrogens with zero attached hydrogens (tertiary/aromatic N) is 2. The summed E-state index contributed by atoms with van der Waals surface area (Å²) < 4.78 is 23.3. The number of aromatic nitrogens is 1. The number of carboxylic acid groups (broad SMARTS) is 1. The third kappa shape index (κ3) is 9.24. The Labute approximate surface area is 247 Å². The van der Waals surface area contributed by atoms with Crippen molar-refractivity contribution in [3.8, 4) is 23.0 Å². The molecule has 0 saturated carbocycles. The Morgan fingerprint density at radius 2 is 1.79 bits per heavy atom. The number of likely N-dealkylation sites (tertiary alicyclic amines) is 1. The third-order valence-electron chi connectivity index (χ3n) is 7.12. The topological polar surface area (TPSA) is 123 Å². The molecule has 10 nitrogen and oxygen atoms in total. The minimum atomic E-state index is -0.882. The highest BCUT2D eigenvalue weighted by molar-refractivity contribution is 5.68. The molecule has 2 N–H and O–H groups in total. The fraction of sp³-hybridized carbons (Fsp3) is 0.469. The number of benzene rings is 2. The molecule has 10 heteroatoms. The molecule has 2 aromatic carbocycles. The first-order chi connectivity index (χ1) is 20.2. The van der Waals surface area contributed by atoms with Crippen LogP contribution in [0.2, 0.25) is 0 Å². The maximum atomic E-state index is 12.0. The van der Waals surface area contributed by atoms with Gasteiger partial charge in [-0.05, 0) is 94.6 Å². The molecule has 1 aliphatic rings. The van der Waals surface area contributed by atoms with E-state index in [4.69, 9.17) is 28.7 Å². The van der Waals surface area contributed by atoms with Crippen molar-refractivity contribution in [2.75, 3.05) is 26.7 Å². The number of oxazole rings is 1. The van der Waals surface area contributed by atoms with E-state index in [1.54, 1.807) is 13.8 Å². The number of aryl methyl sites for hydroxylation is 2. The Hall–Kier alpha value is -4.05. The lowest BCUT2D eigenvalue weighted by atomic mass is 10.0. The summed E-state index contributed by atoms with van der Waals surface area (Å²) in [6.45, 7) is 8.11. The minimum Gasteiger partial charge on any atom is -0.493 e. The van der Waals surface area contributed by atoms with Gasteiger partial charge in [0.2, 0.25) is 5.89 Å². The molecular formula is C32H41N3O7. The molecule has 42 heavy (non-hydrogen) atoms. The number of ether oxygens (including phenoxy) is 3. The second kappa shape index (κ2) is 14.7. The molecule has 1 amide bonds. The fourth-order valence-electron chi connectivity index (χ4n) is 4.79. The molecule has 1 aromatic heterocycles. The van der Waals surface area contributed by atoms with E-state index in [1.807, 2.05) is 49.4 Å². The zero-order chi connectivity index (χ0) is 30.1. The van der Waals surface area contributed by atoms with Crippen molar-refractivity contribution in [2.24, 2.45) is 0 Å².